The van der Waals surface area contributed by atoms with Crippen LogP contribution in [-0.4, -0.2) is 34.9 Å². The van der Waals surface area contributed by atoms with Crippen molar-refractivity contribution in [1.29, 1.82) is 0 Å². The van der Waals surface area contributed by atoms with Gasteiger partial charge >= 0.3 is 21.3 Å². The normalized spacial score (nSPS) is 14.5. The third-order valence-electron chi connectivity index (χ3n) is 4.81. The first-order valence-corrected chi connectivity index (χ1v) is 7.98. The van der Waals surface area contributed by atoms with Gasteiger partial charge in [-0.1, -0.05) is 34.3 Å². The maximum absolute atomic E-state index is 14.2. The van der Waals surface area contributed by atoms with Crippen LogP contribution in [-0.2, 0) is 19.8 Å². The lowest BCUT2D eigenvalue weighted by atomic mass is 9.60. The minimum Gasteiger partial charge on any atom is -0.477 e. The van der Waals surface area contributed by atoms with Gasteiger partial charge < -0.3 is 5.11 Å². The zero-order chi connectivity index (χ0) is 19.1. The standard InChI is InChI=1S/C13H23F2NO6S/c1-8(9(17)18)16-22-12(6,7)10(2,3)11(4,5)13(14,15)23(19,20)21/h16H,1H2,2-7H3,(H,17,18)(H,19,20,21). The Morgan fingerprint density at radius 3 is 1.78 bits per heavy atom. The molecule has 23 heavy (non-hydrogen) atoms. The Morgan fingerprint density at radius 2 is 1.48 bits per heavy atom. The number of hydrogen-bond donors (Lipinski definition) is 3. The number of hydroxylamine groups is 1. The van der Waals surface area contributed by atoms with Gasteiger partial charge in [-0.05, 0) is 13.8 Å². The number of halogens is 2. The number of carboxylic acid groups (broad SMARTS) is 1. The monoisotopic (exact) mass is 359 g/mol. The number of carbonyl (C=O) groups is 1. The van der Waals surface area contributed by atoms with Crippen LogP contribution >= 0.6 is 0 Å². The Kier molecular flexibility index (Phi) is 5.66. The second kappa shape index (κ2) is 5.99. The van der Waals surface area contributed by atoms with E-state index in [2.05, 4.69) is 6.58 Å². The van der Waals surface area contributed by atoms with Crippen molar-refractivity contribution in [2.24, 2.45) is 10.8 Å². The molecule has 0 aliphatic heterocycles. The third kappa shape index (κ3) is 3.64. The highest BCUT2D eigenvalue weighted by Crippen LogP contribution is 2.57. The lowest BCUT2D eigenvalue weighted by Gasteiger charge is -2.52. The molecule has 0 saturated carbocycles. The molecule has 0 fully saturated rings. The fraction of sp³-hybridized carbons (Fsp3) is 0.769. The molecule has 0 spiro atoms. The van der Waals surface area contributed by atoms with Gasteiger partial charge in [-0.3, -0.25) is 14.9 Å². The number of alkyl halides is 2. The van der Waals surface area contributed by atoms with E-state index in [1.54, 1.807) is 0 Å². The summed E-state index contributed by atoms with van der Waals surface area (Å²) in [5.41, 5.74) is -3.77. The topological polar surface area (TPSA) is 113 Å². The lowest BCUT2D eigenvalue weighted by molar-refractivity contribution is -0.214. The maximum Gasteiger partial charge on any atom is 0.375 e. The van der Waals surface area contributed by atoms with Gasteiger partial charge in [-0.15, -0.1) is 0 Å². The van der Waals surface area contributed by atoms with Crippen LogP contribution < -0.4 is 5.48 Å². The second-order valence-corrected chi connectivity index (χ2v) is 8.20. The molecule has 0 aromatic rings. The average molecular weight is 359 g/mol. The molecule has 0 atom stereocenters. The summed E-state index contributed by atoms with van der Waals surface area (Å²) in [7, 11) is -5.67. The summed E-state index contributed by atoms with van der Waals surface area (Å²) >= 11 is 0. The van der Waals surface area contributed by atoms with E-state index in [9.17, 15) is 22.0 Å². The highest BCUT2D eigenvalue weighted by molar-refractivity contribution is 7.86. The van der Waals surface area contributed by atoms with Crippen LogP contribution in [0.25, 0.3) is 0 Å². The number of carboxylic acids is 1. The van der Waals surface area contributed by atoms with E-state index in [-0.39, 0.29) is 0 Å². The summed E-state index contributed by atoms with van der Waals surface area (Å²) < 4.78 is 59.5. The fourth-order valence-corrected chi connectivity index (χ4v) is 2.70. The van der Waals surface area contributed by atoms with Gasteiger partial charge in [0.25, 0.3) is 0 Å². The molecule has 10 heteroatoms. The zero-order valence-corrected chi connectivity index (χ0v) is 14.7. The van der Waals surface area contributed by atoms with E-state index >= 15 is 0 Å². The molecule has 0 aromatic heterocycles. The zero-order valence-electron chi connectivity index (χ0n) is 13.9. The van der Waals surface area contributed by atoms with Crippen molar-refractivity contribution in [1.82, 2.24) is 5.48 Å². The Balaban J connectivity index is 5.76. The summed E-state index contributed by atoms with van der Waals surface area (Å²) in [4.78, 5) is 15.9. The number of aliphatic carboxylic acids is 1. The first kappa shape index (κ1) is 21.7. The van der Waals surface area contributed by atoms with Crippen molar-refractivity contribution in [3.63, 3.8) is 0 Å². The van der Waals surface area contributed by atoms with Crippen LogP contribution in [0, 0.1) is 10.8 Å². The average Bonchev–Trinajstić information content (AvgIpc) is 2.33. The van der Waals surface area contributed by atoms with Gasteiger partial charge in [-0.25, -0.2) is 4.79 Å². The Hall–Kier alpha value is -1.26. The highest BCUT2D eigenvalue weighted by atomic mass is 32.2. The first-order valence-electron chi connectivity index (χ1n) is 6.54. The van der Waals surface area contributed by atoms with E-state index in [4.69, 9.17) is 14.5 Å². The van der Waals surface area contributed by atoms with Gasteiger partial charge in [-0.2, -0.15) is 17.2 Å². The largest absolute Gasteiger partial charge is 0.477 e. The SMILES string of the molecule is C=C(NOC(C)(C)C(C)(C)C(C)(C)C(F)(F)S(=O)(=O)O)C(=O)O. The molecule has 0 heterocycles. The van der Waals surface area contributed by atoms with Crippen LogP contribution in [0.15, 0.2) is 12.3 Å². The smallest absolute Gasteiger partial charge is 0.375 e. The van der Waals surface area contributed by atoms with Gasteiger partial charge in [0.2, 0.25) is 0 Å². The summed E-state index contributed by atoms with van der Waals surface area (Å²) in [5, 5.41) is 4.24. The van der Waals surface area contributed by atoms with Crippen LogP contribution in [0.3, 0.4) is 0 Å². The molecule has 0 rings (SSSR count). The third-order valence-corrected chi connectivity index (χ3v) is 5.97. The molecular weight excluding hydrogens is 336 g/mol. The highest BCUT2D eigenvalue weighted by Gasteiger charge is 2.67. The molecule has 3 N–H and O–H groups in total. The molecule has 0 amide bonds. The summed E-state index contributed by atoms with van der Waals surface area (Å²) in [6.45, 7) is 10.5. The molecule has 0 aliphatic rings. The lowest BCUT2D eigenvalue weighted by Crippen LogP contribution is -2.60. The van der Waals surface area contributed by atoms with Crippen molar-refractivity contribution < 1.29 is 36.5 Å². The van der Waals surface area contributed by atoms with Crippen molar-refractivity contribution in [3.05, 3.63) is 12.3 Å². The van der Waals surface area contributed by atoms with E-state index in [0.717, 1.165) is 13.8 Å². The van der Waals surface area contributed by atoms with Gasteiger partial charge in [0, 0.05) is 5.41 Å². The van der Waals surface area contributed by atoms with Gasteiger partial charge in [0.15, 0.2) is 0 Å². The van der Waals surface area contributed by atoms with Crippen LogP contribution in [0.1, 0.15) is 41.5 Å². The van der Waals surface area contributed by atoms with Crippen molar-refractivity contribution in [3.8, 4) is 0 Å². The first-order chi connectivity index (χ1) is 9.83. The van der Waals surface area contributed by atoms with Gasteiger partial charge in [0.1, 0.15) is 5.70 Å². The molecule has 0 unspecified atom stereocenters. The number of rotatable bonds is 8. The van der Waals surface area contributed by atoms with Crippen molar-refractivity contribution in [2.75, 3.05) is 0 Å². The number of nitrogens with one attached hydrogen (secondary N) is 1. The van der Waals surface area contributed by atoms with Crippen LogP contribution in [0.4, 0.5) is 8.78 Å². The summed E-state index contributed by atoms with van der Waals surface area (Å²) in [6.07, 6.45) is 0. The molecular formula is C13H23F2NO6S. The Bertz CT molecular complexity index is 596. The predicted octanol–water partition coefficient (Wildman–Crippen LogP) is 2.42. The van der Waals surface area contributed by atoms with Crippen molar-refractivity contribution in [2.45, 2.75) is 52.4 Å². The molecule has 0 aromatic carbocycles. The van der Waals surface area contributed by atoms with E-state index < -0.39 is 43.5 Å². The Labute approximate surface area is 134 Å². The molecule has 0 saturated heterocycles. The maximum atomic E-state index is 14.2. The van der Waals surface area contributed by atoms with Crippen LogP contribution in [0.5, 0.6) is 0 Å². The minimum atomic E-state index is -5.67. The summed E-state index contributed by atoms with van der Waals surface area (Å²) in [6, 6.07) is 0. The van der Waals surface area contributed by atoms with Crippen molar-refractivity contribution >= 4 is 16.1 Å². The van der Waals surface area contributed by atoms with E-state index in [1.807, 2.05) is 5.48 Å². The second-order valence-electron chi connectivity index (χ2n) is 6.74. The predicted molar refractivity (Wildman–Crippen MR) is 79.1 cm³/mol. The molecule has 136 valence electrons. The quantitative estimate of drug-likeness (QED) is 0.346. The molecule has 7 nitrogen and oxygen atoms in total. The van der Waals surface area contributed by atoms with Gasteiger partial charge in [0.05, 0.1) is 11.0 Å². The van der Waals surface area contributed by atoms with Crippen LogP contribution in [0.2, 0.25) is 0 Å². The molecule has 0 bridgehead atoms. The molecule has 0 radical (unpaired) electrons. The summed E-state index contributed by atoms with van der Waals surface area (Å²) in [5.74, 6) is -1.40. The fourth-order valence-electron chi connectivity index (χ4n) is 1.80. The van der Waals surface area contributed by atoms with E-state index in [1.165, 1.54) is 27.7 Å². The Morgan fingerprint density at radius 1 is 1.09 bits per heavy atom. The molecule has 0 aliphatic carbocycles. The number of hydrogen-bond acceptors (Lipinski definition) is 5. The minimum absolute atomic E-state index is 0.520. The van der Waals surface area contributed by atoms with E-state index in [0.29, 0.717) is 0 Å².